The van der Waals surface area contributed by atoms with Gasteiger partial charge >= 0.3 is 0 Å². The van der Waals surface area contributed by atoms with Crippen LogP contribution in [0.5, 0.6) is 0 Å². The van der Waals surface area contributed by atoms with Crippen LogP contribution in [0.25, 0.3) is 0 Å². The van der Waals surface area contributed by atoms with Gasteiger partial charge in [0.05, 0.1) is 12.7 Å². The standard InChI is InChI=1S/C10H21NO4/c1-11-5-7-9(13-3)10(14-4)8(12-2)6-15-7/h7-11H,5-6H2,1-4H3/t7-,8+,9-,10-/m1/s1. The summed E-state index contributed by atoms with van der Waals surface area (Å²) in [4.78, 5) is 0. The Morgan fingerprint density at radius 3 is 2.27 bits per heavy atom. The predicted octanol–water partition coefficient (Wildman–Crippen LogP) is -0.350. The maximum absolute atomic E-state index is 5.66. The van der Waals surface area contributed by atoms with Crippen LogP contribution in [-0.4, -0.2) is 65.9 Å². The van der Waals surface area contributed by atoms with Gasteiger partial charge in [-0.05, 0) is 7.05 Å². The van der Waals surface area contributed by atoms with Gasteiger partial charge in [-0.3, -0.25) is 0 Å². The van der Waals surface area contributed by atoms with Crippen LogP contribution in [0.2, 0.25) is 0 Å². The molecule has 1 N–H and O–H groups in total. The highest BCUT2D eigenvalue weighted by atomic mass is 16.6. The number of nitrogens with one attached hydrogen (secondary N) is 1. The van der Waals surface area contributed by atoms with E-state index in [0.29, 0.717) is 6.61 Å². The molecule has 0 aromatic carbocycles. The lowest BCUT2D eigenvalue weighted by Gasteiger charge is -2.40. The lowest BCUT2D eigenvalue weighted by atomic mass is 9.99. The molecule has 1 aliphatic heterocycles. The number of methoxy groups -OCH3 is 3. The SMILES string of the molecule is CNC[C@H]1OC[C@H](OC)[C@@H](OC)[C@@H]1OC. The van der Waals surface area contributed by atoms with Crippen LogP contribution < -0.4 is 5.32 Å². The Hall–Kier alpha value is -0.200. The first-order chi connectivity index (χ1) is 7.28. The van der Waals surface area contributed by atoms with E-state index in [-0.39, 0.29) is 24.4 Å². The smallest absolute Gasteiger partial charge is 0.114 e. The average molecular weight is 219 g/mol. The van der Waals surface area contributed by atoms with Gasteiger partial charge in [-0.2, -0.15) is 0 Å². The minimum Gasteiger partial charge on any atom is -0.376 e. The Kier molecular flexibility index (Phi) is 5.49. The van der Waals surface area contributed by atoms with Gasteiger partial charge in [-0.25, -0.2) is 0 Å². The third-order valence-electron chi connectivity index (χ3n) is 2.78. The van der Waals surface area contributed by atoms with Crippen LogP contribution in [-0.2, 0) is 18.9 Å². The molecule has 4 atom stereocenters. The van der Waals surface area contributed by atoms with Crippen molar-refractivity contribution in [3.05, 3.63) is 0 Å². The monoisotopic (exact) mass is 219 g/mol. The first-order valence-electron chi connectivity index (χ1n) is 5.13. The Labute approximate surface area is 91.0 Å². The zero-order chi connectivity index (χ0) is 11.3. The van der Waals surface area contributed by atoms with Crippen molar-refractivity contribution >= 4 is 0 Å². The molecule has 1 rings (SSSR count). The molecule has 0 aromatic rings. The fraction of sp³-hybridized carbons (Fsp3) is 1.00. The Morgan fingerprint density at radius 1 is 1.13 bits per heavy atom. The fourth-order valence-electron chi connectivity index (χ4n) is 1.98. The molecule has 0 aromatic heterocycles. The quantitative estimate of drug-likeness (QED) is 0.685. The molecule has 90 valence electrons. The Bertz CT molecular complexity index is 179. The van der Waals surface area contributed by atoms with Crippen molar-refractivity contribution in [1.29, 1.82) is 0 Å². The third kappa shape index (κ3) is 2.89. The van der Waals surface area contributed by atoms with Crippen molar-refractivity contribution in [1.82, 2.24) is 5.32 Å². The zero-order valence-corrected chi connectivity index (χ0v) is 9.86. The van der Waals surface area contributed by atoms with Crippen LogP contribution >= 0.6 is 0 Å². The molecule has 0 aliphatic carbocycles. The molecular weight excluding hydrogens is 198 g/mol. The number of ether oxygens (including phenoxy) is 4. The van der Waals surface area contributed by atoms with Gasteiger partial charge in [0.1, 0.15) is 18.3 Å². The maximum atomic E-state index is 5.66. The highest BCUT2D eigenvalue weighted by Gasteiger charge is 2.40. The van der Waals surface area contributed by atoms with Gasteiger partial charge in [0.25, 0.3) is 0 Å². The van der Waals surface area contributed by atoms with E-state index in [4.69, 9.17) is 18.9 Å². The van der Waals surface area contributed by atoms with Crippen molar-refractivity contribution in [2.45, 2.75) is 24.4 Å². The van der Waals surface area contributed by atoms with E-state index in [1.807, 2.05) is 7.05 Å². The molecule has 0 radical (unpaired) electrons. The second-order valence-corrected chi connectivity index (χ2v) is 3.60. The summed E-state index contributed by atoms with van der Waals surface area (Å²) >= 11 is 0. The molecule has 0 spiro atoms. The summed E-state index contributed by atoms with van der Waals surface area (Å²) < 4.78 is 21.8. The molecule has 0 saturated carbocycles. The van der Waals surface area contributed by atoms with Crippen molar-refractivity contribution in [2.24, 2.45) is 0 Å². The van der Waals surface area contributed by atoms with Gasteiger partial charge in [0, 0.05) is 27.9 Å². The van der Waals surface area contributed by atoms with Gasteiger partial charge < -0.3 is 24.3 Å². The van der Waals surface area contributed by atoms with Crippen LogP contribution in [0.3, 0.4) is 0 Å². The number of rotatable bonds is 5. The van der Waals surface area contributed by atoms with Crippen molar-refractivity contribution in [3.63, 3.8) is 0 Å². The lowest BCUT2D eigenvalue weighted by molar-refractivity contribution is -0.209. The zero-order valence-electron chi connectivity index (χ0n) is 9.86. The predicted molar refractivity (Wildman–Crippen MR) is 56.1 cm³/mol. The second kappa shape index (κ2) is 6.40. The van der Waals surface area contributed by atoms with E-state index >= 15 is 0 Å². The summed E-state index contributed by atoms with van der Waals surface area (Å²) in [5, 5.41) is 3.08. The molecule has 1 fully saturated rings. The van der Waals surface area contributed by atoms with E-state index in [1.165, 1.54) is 0 Å². The highest BCUT2D eigenvalue weighted by molar-refractivity contribution is 4.90. The lowest BCUT2D eigenvalue weighted by Crippen LogP contribution is -2.57. The van der Waals surface area contributed by atoms with Crippen molar-refractivity contribution in [2.75, 3.05) is 41.5 Å². The topological polar surface area (TPSA) is 49.0 Å². The first kappa shape index (κ1) is 12.9. The van der Waals surface area contributed by atoms with Crippen molar-refractivity contribution < 1.29 is 18.9 Å². The minimum absolute atomic E-state index is 0.0105. The van der Waals surface area contributed by atoms with Gasteiger partial charge in [-0.1, -0.05) is 0 Å². The summed E-state index contributed by atoms with van der Waals surface area (Å²) in [5.74, 6) is 0. The second-order valence-electron chi connectivity index (χ2n) is 3.60. The molecule has 5 heteroatoms. The summed E-state index contributed by atoms with van der Waals surface area (Å²) in [5.41, 5.74) is 0. The number of likely N-dealkylation sites (N-methyl/N-ethyl adjacent to an activating group) is 1. The first-order valence-corrected chi connectivity index (χ1v) is 5.13. The summed E-state index contributed by atoms with van der Waals surface area (Å²) in [6, 6.07) is 0. The van der Waals surface area contributed by atoms with E-state index in [1.54, 1.807) is 21.3 Å². The molecule has 1 heterocycles. The van der Waals surface area contributed by atoms with Gasteiger partial charge in [0.15, 0.2) is 0 Å². The molecule has 0 unspecified atom stereocenters. The molecule has 0 bridgehead atoms. The van der Waals surface area contributed by atoms with Crippen LogP contribution in [0.4, 0.5) is 0 Å². The Morgan fingerprint density at radius 2 is 1.80 bits per heavy atom. The van der Waals surface area contributed by atoms with E-state index < -0.39 is 0 Å². The third-order valence-corrected chi connectivity index (χ3v) is 2.78. The van der Waals surface area contributed by atoms with Crippen molar-refractivity contribution in [3.8, 4) is 0 Å². The van der Waals surface area contributed by atoms with Gasteiger partial charge in [-0.15, -0.1) is 0 Å². The normalized spacial score (nSPS) is 36.8. The maximum Gasteiger partial charge on any atom is 0.114 e. The summed E-state index contributed by atoms with van der Waals surface area (Å²) in [7, 11) is 6.89. The fourth-order valence-corrected chi connectivity index (χ4v) is 1.98. The van der Waals surface area contributed by atoms with Crippen LogP contribution in [0, 0.1) is 0 Å². The Balaban J connectivity index is 2.65. The van der Waals surface area contributed by atoms with Crippen LogP contribution in [0.1, 0.15) is 0 Å². The molecule has 15 heavy (non-hydrogen) atoms. The average Bonchev–Trinajstić information content (AvgIpc) is 2.28. The molecule has 5 nitrogen and oxygen atoms in total. The number of hydrogen-bond acceptors (Lipinski definition) is 5. The largest absolute Gasteiger partial charge is 0.376 e. The highest BCUT2D eigenvalue weighted by Crippen LogP contribution is 2.21. The van der Waals surface area contributed by atoms with E-state index in [2.05, 4.69) is 5.32 Å². The van der Waals surface area contributed by atoms with E-state index in [0.717, 1.165) is 6.54 Å². The molecule has 0 amide bonds. The molecular formula is C10H21NO4. The number of hydrogen-bond donors (Lipinski definition) is 1. The summed E-state index contributed by atoms with van der Waals surface area (Å²) in [6.45, 7) is 1.29. The molecule has 1 saturated heterocycles. The van der Waals surface area contributed by atoms with Gasteiger partial charge in [0.2, 0.25) is 0 Å². The minimum atomic E-state index is -0.0962. The van der Waals surface area contributed by atoms with Crippen LogP contribution in [0.15, 0.2) is 0 Å². The summed E-state index contributed by atoms with van der Waals surface area (Å²) in [6.07, 6.45) is -0.224. The molecule has 1 aliphatic rings. The van der Waals surface area contributed by atoms with E-state index in [9.17, 15) is 0 Å².